The Morgan fingerprint density at radius 3 is 0.683 bits per heavy atom. The van der Waals surface area contributed by atoms with Gasteiger partial charge in [-0.2, -0.15) is 0 Å². The zero-order valence-electron chi connectivity index (χ0n) is 38.6. The number of hydrogen-bond acceptors (Lipinski definition) is 14. The van der Waals surface area contributed by atoms with Crippen molar-refractivity contribution in [2.75, 3.05) is 165 Å². The van der Waals surface area contributed by atoms with E-state index >= 15 is 0 Å². The zero-order chi connectivity index (χ0) is 43.2. The summed E-state index contributed by atoms with van der Waals surface area (Å²) in [5, 5.41) is 0. The molecule has 0 unspecified atom stereocenters. The summed E-state index contributed by atoms with van der Waals surface area (Å²) in [5.74, 6) is -0.130. The average Bonchev–Trinajstić information content (AvgIpc) is 3.25. The Morgan fingerprint density at radius 2 is 0.433 bits per heavy atom. The second-order valence-electron chi connectivity index (χ2n) is 14.6. The largest absolute Gasteiger partial charge is 0.463 e. The molecule has 14 heteroatoms. The SMILES string of the molecule is CCCCCCCCCCCCCCCCCC(=O)OCCOCCOCCOCCOCCOCCOCCOCCOCCOCCOCCOCCOCCCC. The number of esters is 1. The molecule has 0 spiro atoms. The minimum absolute atomic E-state index is 0.130. The molecule has 0 rings (SSSR count). The van der Waals surface area contributed by atoms with E-state index in [1.54, 1.807) is 0 Å². The lowest BCUT2D eigenvalue weighted by molar-refractivity contribution is -0.145. The van der Waals surface area contributed by atoms with Gasteiger partial charge in [-0.1, -0.05) is 110 Å². The standard InChI is InChI=1S/C46H92O14/c1-3-5-7-8-9-10-11-12-13-14-15-16-17-18-19-20-46(47)60-45-44-59-43-42-58-41-40-57-39-38-56-37-36-55-35-34-54-33-32-53-31-30-52-29-28-51-27-26-50-25-24-49-23-22-48-21-6-4-2/h3-45H2,1-2H3. The second-order valence-corrected chi connectivity index (χ2v) is 14.6. The molecule has 0 atom stereocenters. The minimum Gasteiger partial charge on any atom is -0.463 e. The molecule has 0 aliphatic heterocycles. The van der Waals surface area contributed by atoms with Crippen molar-refractivity contribution in [1.29, 1.82) is 0 Å². The van der Waals surface area contributed by atoms with Gasteiger partial charge >= 0.3 is 5.97 Å². The molecule has 0 fully saturated rings. The molecule has 0 aliphatic rings. The van der Waals surface area contributed by atoms with Crippen molar-refractivity contribution in [1.82, 2.24) is 0 Å². The first-order valence-corrected chi connectivity index (χ1v) is 23.9. The van der Waals surface area contributed by atoms with Crippen LogP contribution in [0.25, 0.3) is 0 Å². The Kier molecular flexibility index (Phi) is 55.1. The Labute approximate surface area is 366 Å². The summed E-state index contributed by atoms with van der Waals surface area (Å²) in [6.07, 6.45) is 22.5. The molecule has 0 radical (unpaired) electrons. The molecule has 0 aromatic heterocycles. The van der Waals surface area contributed by atoms with Crippen LogP contribution in [0, 0.1) is 0 Å². The third-order valence-corrected chi connectivity index (χ3v) is 9.21. The number of carbonyl (C=O) groups excluding carboxylic acids is 1. The summed E-state index contributed by atoms with van der Waals surface area (Å²) < 4.78 is 71.1. The van der Waals surface area contributed by atoms with Gasteiger partial charge in [0.1, 0.15) is 6.61 Å². The van der Waals surface area contributed by atoms with Gasteiger partial charge in [-0.15, -0.1) is 0 Å². The lowest BCUT2D eigenvalue weighted by Gasteiger charge is -2.09. The fourth-order valence-corrected chi connectivity index (χ4v) is 5.69. The van der Waals surface area contributed by atoms with Crippen LogP contribution in [0.15, 0.2) is 0 Å². The third-order valence-electron chi connectivity index (χ3n) is 9.21. The van der Waals surface area contributed by atoms with Crippen LogP contribution in [0.1, 0.15) is 129 Å². The quantitative estimate of drug-likeness (QED) is 0.0435. The van der Waals surface area contributed by atoms with Crippen molar-refractivity contribution >= 4 is 5.97 Å². The first kappa shape index (κ1) is 59.0. The molecule has 14 nitrogen and oxygen atoms in total. The first-order chi connectivity index (χ1) is 29.8. The highest BCUT2D eigenvalue weighted by atomic mass is 16.6. The van der Waals surface area contributed by atoms with Gasteiger partial charge in [0.05, 0.1) is 152 Å². The number of carbonyl (C=O) groups is 1. The molecule has 0 amide bonds. The van der Waals surface area contributed by atoms with Gasteiger partial charge in [-0.3, -0.25) is 4.79 Å². The summed E-state index contributed by atoms with van der Waals surface area (Å²) in [7, 11) is 0. The Balaban J connectivity index is 3.12. The van der Waals surface area contributed by atoms with Crippen LogP contribution >= 0.6 is 0 Å². The summed E-state index contributed by atoms with van der Waals surface area (Å²) >= 11 is 0. The van der Waals surface area contributed by atoms with E-state index in [2.05, 4.69) is 13.8 Å². The molecule has 360 valence electrons. The molecule has 0 heterocycles. The van der Waals surface area contributed by atoms with Crippen LogP contribution in [-0.2, 0) is 66.4 Å². The van der Waals surface area contributed by atoms with E-state index in [0.29, 0.717) is 158 Å². The second kappa shape index (κ2) is 56.0. The van der Waals surface area contributed by atoms with Crippen molar-refractivity contribution in [3.8, 4) is 0 Å². The number of unbranched alkanes of at least 4 members (excludes halogenated alkanes) is 15. The van der Waals surface area contributed by atoms with Crippen LogP contribution in [0.5, 0.6) is 0 Å². The highest BCUT2D eigenvalue weighted by molar-refractivity contribution is 5.69. The predicted molar refractivity (Wildman–Crippen MR) is 235 cm³/mol. The summed E-state index contributed by atoms with van der Waals surface area (Å²) in [6.45, 7) is 17.3. The maximum absolute atomic E-state index is 11.9. The molecule has 0 aromatic carbocycles. The smallest absolute Gasteiger partial charge is 0.305 e. The average molecular weight is 869 g/mol. The van der Waals surface area contributed by atoms with Crippen molar-refractivity contribution < 1.29 is 66.4 Å². The van der Waals surface area contributed by atoms with Crippen LogP contribution in [0.2, 0.25) is 0 Å². The van der Waals surface area contributed by atoms with Gasteiger partial charge in [0.2, 0.25) is 0 Å². The van der Waals surface area contributed by atoms with E-state index in [9.17, 15) is 4.79 Å². The highest BCUT2D eigenvalue weighted by Gasteiger charge is 2.03. The first-order valence-electron chi connectivity index (χ1n) is 23.9. The molecule has 0 N–H and O–H groups in total. The maximum atomic E-state index is 11.9. The van der Waals surface area contributed by atoms with Crippen LogP contribution in [-0.4, -0.2) is 171 Å². The number of hydrogen-bond donors (Lipinski definition) is 0. The van der Waals surface area contributed by atoms with E-state index in [0.717, 1.165) is 32.3 Å². The molecular formula is C46H92O14. The molecule has 0 bridgehead atoms. The van der Waals surface area contributed by atoms with E-state index in [1.807, 2.05) is 0 Å². The summed E-state index contributed by atoms with van der Waals surface area (Å²) in [6, 6.07) is 0. The lowest BCUT2D eigenvalue weighted by Crippen LogP contribution is -2.15. The predicted octanol–water partition coefficient (Wildman–Crippen LogP) is 7.79. The third kappa shape index (κ3) is 55.0. The summed E-state index contributed by atoms with van der Waals surface area (Å²) in [4.78, 5) is 11.9. The topological polar surface area (TPSA) is 137 Å². The van der Waals surface area contributed by atoms with E-state index in [-0.39, 0.29) is 12.6 Å². The molecule has 0 saturated carbocycles. The van der Waals surface area contributed by atoms with Gasteiger partial charge in [-0.05, 0) is 12.8 Å². The fourth-order valence-electron chi connectivity index (χ4n) is 5.69. The Hall–Kier alpha value is -1.01. The van der Waals surface area contributed by atoms with Gasteiger partial charge < -0.3 is 61.6 Å². The van der Waals surface area contributed by atoms with Crippen molar-refractivity contribution in [2.24, 2.45) is 0 Å². The normalized spacial score (nSPS) is 11.6. The molecular weight excluding hydrogens is 776 g/mol. The Bertz CT molecular complexity index is 781. The lowest BCUT2D eigenvalue weighted by atomic mass is 10.0. The minimum atomic E-state index is -0.130. The molecule has 60 heavy (non-hydrogen) atoms. The Morgan fingerprint density at radius 1 is 0.233 bits per heavy atom. The molecule has 0 aliphatic carbocycles. The fraction of sp³-hybridized carbons (Fsp3) is 0.978. The maximum Gasteiger partial charge on any atom is 0.305 e. The van der Waals surface area contributed by atoms with Gasteiger partial charge in [0, 0.05) is 13.0 Å². The van der Waals surface area contributed by atoms with Crippen molar-refractivity contribution in [3.05, 3.63) is 0 Å². The van der Waals surface area contributed by atoms with Crippen molar-refractivity contribution in [2.45, 2.75) is 129 Å². The molecule has 0 aromatic rings. The highest BCUT2D eigenvalue weighted by Crippen LogP contribution is 2.14. The zero-order valence-corrected chi connectivity index (χ0v) is 38.6. The van der Waals surface area contributed by atoms with Gasteiger partial charge in [0.15, 0.2) is 0 Å². The molecule has 0 saturated heterocycles. The van der Waals surface area contributed by atoms with Gasteiger partial charge in [-0.25, -0.2) is 0 Å². The van der Waals surface area contributed by atoms with Crippen LogP contribution < -0.4 is 0 Å². The van der Waals surface area contributed by atoms with Crippen LogP contribution in [0.3, 0.4) is 0 Å². The van der Waals surface area contributed by atoms with E-state index in [4.69, 9.17) is 61.6 Å². The monoisotopic (exact) mass is 869 g/mol. The van der Waals surface area contributed by atoms with E-state index in [1.165, 1.54) is 83.5 Å². The number of rotatable bonds is 55. The van der Waals surface area contributed by atoms with Gasteiger partial charge in [0.25, 0.3) is 0 Å². The van der Waals surface area contributed by atoms with E-state index < -0.39 is 0 Å². The number of ether oxygens (including phenoxy) is 13. The summed E-state index contributed by atoms with van der Waals surface area (Å²) in [5.41, 5.74) is 0. The van der Waals surface area contributed by atoms with Crippen LogP contribution in [0.4, 0.5) is 0 Å². The van der Waals surface area contributed by atoms with Crippen molar-refractivity contribution in [3.63, 3.8) is 0 Å².